The molecule has 4 aromatic rings. The molecule has 0 saturated carbocycles. The molecular formula is C44H60N10O8S2+2. The second-order valence-corrected chi connectivity index (χ2v) is 20.9. The van der Waals surface area contributed by atoms with E-state index < -0.39 is 57.5 Å². The van der Waals surface area contributed by atoms with E-state index in [1.54, 1.807) is 27.2 Å². The van der Waals surface area contributed by atoms with Crippen LogP contribution in [0.5, 0.6) is 0 Å². The van der Waals surface area contributed by atoms with Gasteiger partial charge in [0.2, 0.25) is 26.9 Å². The van der Waals surface area contributed by atoms with Gasteiger partial charge in [-0.2, -0.15) is 9.73 Å². The molecule has 3 aliphatic heterocycles. The van der Waals surface area contributed by atoms with Gasteiger partial charge in [-0.15, -0.1) is 16.3 Å². The summed E-state index contributed by atoms with van der Waals surface area (Å²) < 4.78 is 34.0. The van der Waals surface area contributed by atoms with Gasteiger partial charge in [0.1, 0.15) is 10.9 Å². The fourth-order valence-electron chi connectivity index (χ4n) is 9.06. The van der Waals surface area contributed by atoms with Crippen LogP contribution in [0.2, 0.25) is 0 Å². The van der Waals surface area contributed by atoms with Crippen molar-refractivity contribution in [2.75, 3.05) is 40.4 Å². The molecule has 2 fully saturated rings. The van der Waals surface area contributed by atoms with Crippen LogP contribution < -0.4 is 10.7 Å². The van der Waals surface area contributed by atoms with Crippen molar-refractivity contribution in [3.05, 3.63) is 80.0 Å². The number of hydrogen-bond acceptors (Lipinski definition) is 12. The van der Waals surface area contributed by atoms with E-state index in [1.165, 1.54) is 32.7 Å². The fraction of sp³-hybridized carbons (Fsp3) is 0.545. The van der Waals surface area contributed by atoms with Gasteiger partial charge in [-0.25, -0.2) is 18.2 Å². The maximum absolute atomic E-state index is 14.5. The monoisotopic (exact) mass is 920 g/mol. The van der Waals surface area contributed by atoms with Crippen LogP contribution in [0.25, 0.3) is 33.4 Å². The Morgan fingerprint density at radius 3 is 2.70 bits per heavy atom. The van der Waals surface area contributed by atoms with Gasteiger partial charge in [0.05, 0.1) is 51.6 Å². The van der Waals surface area contributed by atoms with Crippen LogP contribution in [0.15, 0.2) is 53.9 Å². The summed E-state index contributed by atoms with van der Waals surface area (Å²) in [6, 6.07) is 7.30. The van der Waals surface area contributed by atoms with Gasteiger partial charge in [0.25, 0.3) is 5.91 Å². The van der Waals surface area contributed by atoms with E-state index in [2.05, 4.69) is 53.9 Å². The molecule has 0 aliphatic carbocycles. The molecule has 20 heteroatoms. The lowest BCUT2D eigenvalue weighted by Gasteiger charge is -2.33. The van der Waals surface area contributed by atoms with E-state index in [4.69, 9.17) is 19.5 Å². The zero-order chi connectivity index (χ0) is 46.2. The van der Waals surface area contributed by atoms with Gasteiger partial charge < -0.3 is 14.6 Å². The number of ether oxygens (including phenoxy) is 1. The van der Waals surface area contributed by atoms with E-state index in [0.29, 0.717) is 39.8 Å². The first-order valence-corrected chi connectivity index (χ1v) is 24.1. The number of aryl methyl sites for hydroxylation is 1. The lowest BCUT2D eigenvalue weighted by atomic mass is 9.84. The molecule has 3 aromatic heterocycles. The Morgan fingerprint density at radius 2 is 1.98 bits per heavy atom. The molecule has 6 bridgehead atoms. The number of thiazole rings is 1. The van der Waals surface area contributed by atoms with Crippen molar-refractivity contribution in [1.82, 2.24) is 39.6 Å². The summed E-state index contributed by atoms with van der Waals surface area (Å²) >= 11 is 1.37. The number of hydrogen-bond donors (Lipinski definition) is 2. The highest BCUT2D eigenvalue weighted by Crippen LogP contribution is 2.41. The fourth-order valence-corrected chi connectivity index (χ4v) is 10.9. The van der Waals surface area contributed by atoms with Gasteiger partial charge in [-0.05, 0) is 55.5 Å². The van der Waals surface area contributed by atoms with Gasteiger partial charge in [0, 0.05) is 90.9 Å². The van der Waals surface area contributed by atoms with Crippen molar-refractivity contribution in [1.29, 1.82) is 0 Å². The van der Waals surface area contributed by atoms with E-state index >= 15 is 0 Å². The number of methoxy groups -OCH3 is 1. The van der Waals surface area contributed by atoms with Crippen molar-refractivity contribution in [3.63, 3.8) is 0 Å². The summed E-state index contributed by atoms with van der Waals surface area (Å²) in [4.78, 5) is 73.4. The SMILES string of the molecule is C=CS(=O)(=O)N1CC[C@H]([N+](=O)N(C)[C@H](C(=O)N[C@H]2Cc3nc(cs3)-c3ccc4c(c3)c(c(-c3cccnc3[C@H](C)OC)n4C)CC(C)(C)CO[N+](=O)[C@@H]3CCCN(N3)C2=O)C(C)C)C1. The predicted octanol–water partition coefficient (Wildman–Crippen LogP) is 5.04. The Hall–Kier alpha value is -5.15. The number of sulfonamides is 1. The predicted molar refractivity (Wildman–Crippen MR) is 242 cm³/mol. The summed E-state index contributed by atoms with van der Waals surface area (Å²) in [6.45, 7) is 13.5. The Balaban J connectivity index is 1.25. The number of hydrazine groups is 2. The quantitative estimate of drug-likeness (QED) is 0.151. The number of aromatic nitrogens is 3. The zero-order valence-corrected chi connectivity index (χ0v) is 39.4. The molecule has 5 atom stereocenters. The van der Waals surface area contributed by atoms with Gasteiger partial charge in [-0.3, -0.25) is 19.6 Å². The largest absolute Gasteiger partial charge is 0.375 e. The van der Waals surface area contributed by atoms with Gasteiger partial charge in [0.15, 0.2) is 12.6 Å². The van der Waals surface area contributed by atoms with Crippen LogP contribution >= 0.6 is 11.3 Å². The first-order chi connectivity index (χ1) is 30.3. The Bertz CT molecular complexity index is 2560. The maximum Gasteiger partial charge on any atom is 0.326 e. The third kappa shape index (κ3) is 9.47. The summed E-state index contributed by atoms with van der Waals surface area (Å²) in [5.41, 5.74) is 8.87. The third-order valence-electron chi connectivity index (χ3n) is 12.5. The molecule has 344 valence electrons. The van der Waals surface area contributed by atoms with Crippen LogP contribution in [-0.4, -0.2) is 124 Å². The first-order valence-electron chi connectivity index (χ1n) is 21.7. The van der Waals surface area contributed by atoms with Gasteiger partial charge >= 0.3 is 6.17 Å². The third-order valence-corrected chi connectivity index (χ3v) is 14.9. The number of benzene rings is 1. The molecule has 2 amide bonds. The molecule has 7 rings (SSSR count). The molecule has 18 nitrogen and oxygen atoms in total. The van der Waals surface area contributed by atoms with E-state index in [0.717, 1.165) is 44.4 Å². The number of pyridine rings is 1. The van der Waals surface area contributed by atoms with Crippen LogP contribution in [0.3, 0.4) is 0 Å². The average Bonchev–Trinajstić information content (AvgIpc) is 4.03. The standard InChI is InChI=1S/C44H59N10O8S2/c1-10-64(59,60)51-20-17-30(24-51)53(57)50(8)40(27(2)3)42(55)47-34-22-38-46-35(25-63-38)29-15-16-36-32(21-29)33(41(49(36)7)31-13-11-18-45-39(31)28(4)61-9)23-44(5,6)26-62-54(58)37-14-12-19-52(48-37)43(34)56/h10-11,13,15-16,18,21,25,27-28,30,34,37,40,48H,1,12,14,17,19-20,22-24,26H2,2-9H3/q+1/p+1/t28-,30-,34-,37+,40-/m0/s1. The number of fused-ring (bicyclic) bond motifs is 6. The molecule has 3 aliphatic rings. The molecule has 0 unspecified atom stereocenters. The van der Waals surface area contributed by atoms with Crippen molar-refractivity contribution in [2.24, 2.45) is 18.4 Å². The van der Waals surface area contributed by atoms with Crippen molar-refractivity contribution in [3.8, 4) is 22.5 Å². The second kappa shape index (κ2) is 18.8. The molecule has 64 heavy (non-hydrogen) atoms. The molecular weight excluding hydrogens is 861 g/mol. The number of amides is 2. The Kier molecular flexibility index (Phi) is 13.7. The average molecular weight is 921 g/mol. The minimum Gasteiger partial charge on any atom is -0.375 e. The number of nitrogens with one attached hydrogen (secondary N) is 2. The van der Waals surface area contributed by atoms with Gasteiger partial charge in [-0.1, -0.05) is 40.3 Å². The van der Waals surface area contributed by atoms with Crippen molar-refractivity contribution in [2.45, 2.75) is 97.1 Å². The smallest absolute Gasteiger partial charge is 0.326 e. The summed E-state index contributed by atoms with van der Waals surface area (Å²) in [6.07, 6.45) is 2.34. The number of rotatable bonds is 11. The van der Waals surface area contributed by atoms with Crippen LogP contribution in [0.1, 0.15) is 76.3 Å². The second-order valence-electron chi connectivity index (χ2n) is 18.1. The molecule has 2 saturated heterocycles. The highest BCUT2D eigenvalue weighted by Gasteiger charge is 2.46. The van der Waals surface area contributed by atoms with E-state index in [1.807, 2.05) is 31.5 Å². The highest BCUT2D eigenvalue weighted by atomic mass is 32.2. The van der Waals surface area contributed by atoms with Crippen LogP contribution in [0.4, 0.5) is 0 Å². The first kappa shape index (κ1) is 46.8. The lowest BCUT2D eigenvalue weighted by molar-refractivity contribution is -0.835. The summed E-state index contributed by atoms with van der Waals surface area (Å²) in [7, 11) is 1.47. The molecule has 1 aromatic carbocycles. The maximum atomic E-state index is 14.5. The van der Waals surface area contributed by atoms with Crippen LogP contribution in [0, 0.1) is 21.1 Å². The van der Waals surface area contributed by atoms with E-state index in [9.17, 15) is 27.8 Å². The highest BCUT2D eigenvalue weighted by molar-refractivity contribution is 7.92. The topological polar surface area (TPSA) is 191 Å². The van der Waals surface area contributed by atoms with Crippen LogP contribution in [-0.2, 0) is 49.1 Å². The number of likely N-dealkylation sites (N-methyl/N-ethyl adjacent to an activating group) is 1. The normalized spacial score (nSPS) is 21.9. The number of carbonyl (C=O) groups excluding carboxylic acids is 2. The number of carbonyl (C=O) groups is 2. The van der Waals surface area contributed by atoms with Crippen molar-refractivity contribution >= 4 is 44.1 Å². The Morgan fingerprint density at radius 1 is 1.22 bits per heavy atom. The molecule has 6 heterocycles. The van der Waals surface area contributed by atoms with E-state index in [-0.39, 0.29) is 45.2 Å². The van der Waals surface area contributed by atoms with Crippen molar-refractivity contribution < 1.29 is 37.4 Å². The minimum absolute atomic E-state index is 0.0287. The summed E-state index contributed by atoms with van der Waals surface area (Å²) in [5.74, 6) is -1.44. The minimum atomic E-state index is -3.72. The summed E-state index contributed by atoms with van der Waals surface area (Å²) in [5, 5.41) is 9.99. The lowest BCUT2D eigenvalue weighted by Crippen LogP contribution is -2.62. The molecule has 2 N–H and O–H groups in total. The Labute approximate surface area is 378 Å². The molecule has 0 radical (unpaired) electrons. The number of nitrogens with zero attached hydrogens (tertiary/aromatic N) is 8. The zero-order valence-electron chi connectivity index (χ0n) is 37.8. The molecule has 0 spiro atoms. The number of nitroso groups, excluding NO2 is 1.